The first-order valence-corrected chi connectivity index (χ1v) is 12.7. The Morgan fingerprint density at radius 3 is 2.00 bits per heavy atom. The Hall–Kier alpha value is -3.04. The largest absolute Gasteiger partial charge is 0.324 e. The number of nitrogens with zero attached hydrogens (tertiary/aromatic N) is 3. The molecule has 0 saturated heterocycles. The molecule has 4 aromatic rings. The van der Waals surface area contributed by atoms with Crippen LogP contribution in [0.1, 0.15) is 17.2 Å². The lowest BCUT2D eigenvalue weighted by molar-refractivity contribution is 0.598. The molecule has 0 radical (unpaired) electrons. The average molecular weight is 533 g/mol. The third-order valence-electron chi connectivity index (χ3n) is 5.18. The number of benzene rings is 3. The van der Waals surface area contributed by atoms with Gasteiger partial charge in [0.2, 0.25) is 5.95 Å². The van der Waals surface area contributed by atoms with Crippen LogP contribution in [0, 0.1) is 0 Å². The first kappa shape index (κ1) is 22.7. The number of sulfonamides is 1. The summed E-state index contributed by atoms with van der Waals surface area (Å²) in [7, 11) is -3.91. The van der Waals surface area contributed by atoms with Gasteiger partial charge >= 0.3 is 0 Å². The topological polar surface area (TPSA) is 88.9 Å². The summed E-state index contributed by atoms with van der Waals surface area (Å²) in [6.45, 7) is 0. The summed E-state index contributed by atoms with van der Waals surface area (Å²) in [5, 5.41) is 9.32. The molecule has 1 aliphatic heterocycles. The quantitative estimate of drug-likeness (QED) is 0.324. The Labute approximate surface area is 211 Å². The molecule has 0 fully saturated rings. The highest BCUT2D eigenvalue weighted by atomic mass is 35.5. The Morgan fingerprint density at radius 1 is 0.824 bits per heavy atom. The van der Waals surface area contributed by atoms with E-state index in [1.807, 2.05) is 30.3 Å². The van der Waals surface area contributed by atoms with Gasteiger partial charge in [-0.1, -0.05) is 59.1 Å². The van der Waals surface area contributed by atoms with Crippen molar-refractivity contribution in [3.63, 3.8) is 0 Å². The number of fused-ring (bicyclic) bond motifs is 1. The second-order valence-corrected chi connectivity index (χ2v) is 10.5. The van der Waals surface area contributed by atoms with Crippen LogP contribution in [0.25, 0.3) is 5.70 Å². The van der Waals surface area contributed by atoms with E-state index >= 15 is 0 Å². The van der Waals surface area contributed by atoms with Crippen molar-refractivity contribution in [2.45, 2.75) is 10.9 Å². The molecular formula is C23H16Cl3N5O2S. The molecule has 0 unspecified atom stereocenters. The molecule has 11 heteroatoms. The maximum atomic E-state index is 12.8. The Bertz CT molecular complexity index is 1480. The molecule has 0 bridgehead atoms. The van der Waals surface area contributed by atoms with E-state index in [0.29, 0.717) is 21.0 Å². The lowest BCUT2D eigenvalue weighted by Gasteiger charge is -2.24. The lowest BCUT2D eigenvalue weighted by atomic mass is 10.0. The fourth-order valence-corrected chi connectivity index (χ4v) is 4.84. The van der Waals surface area contributed by atoms with Gasteiger partial charge in [0, 0.05) is 20.8 Å². The van der Waals surface area contributed by atoms with Crippen molar-refractivity contribution in [2.24, 2.45) is 0 Å². The highest BCUT2D eigenvalue weighted by Crippen LogP contribution is 2.34. The van der Waals surface area contributed by atoms with Crippen molar-refractivity contribution in [3.8, 4) is 0 Å². The number of hydrogen-bond donors (Lipinski definition) is 2. The molecule has 3 aromatic carbocycles. The van der Waals surface area contributed by atoms with Gasteiger partial charge in [0.1, 0.15) is 6.04 Å². The van der Waals surface area contributed by atoms with E-state index in [-0.39, 0.29) is 16.9 Å². The van der Waals surface area contributed by atoms with E-state index in [0.717, 1.165) is 16.8 Å². The minimum absolute atomic E-state index is 0.0480. The minimum Gasteiger partial charge on any atom is -0.324 e. The summed E-state index contributed by atoms with van der Waals surface area (Å²) in [5.74, 6) is 0.309. The normalized spacial score (nSPS) is 15.3. The summed E-state index contributed by atoms with van der Waals surface area (Å²) in [5.41, 5.74) is 2.57. The van der Waals surface area contributed by atoms with E-state index in [9.17, 15) is 8.42 Å². The van der Waals surface area contributed by atoms with Crippen LogP contribution >= 0.6 is 34.8 Å². The second kappa shape index (κ2) is 8.96. The van der Waals surface area contributed by atoms with Crippen LogP contribution in [0.15, 0.2) is 83.8 Å². The van der Waals surface area contributed by atoms with Gasteiger partial charge in [0.05, 0.1) is 4.90 Å². The molecule has 172 valence electrons. The summed E-state index contributed by atoms with van der Waals surface area (Å²) >= 11 is 18.0. The number of nitrogens with one attached hydrogen (secondary N) is 2. The number of anilines is 2. The number of aromatic nitrogens is 3. The summed E-state index contributed by atoms with van der Waals surface area (Å²) in [4.78, 5) is 4.45. The van der Waals surface area contributed by atoms with Gasteiger partial charge in [-0.15, -0.1) is 5.10 Å². The van der Waals surface area contributed by atoms with Gasteiger partial charge in [0.15, 0.2) is 0 Å². The standard InChI is InChI=1S/C23H16Cl3N5O2S/c24-16-5-1-14(2-6-16)20-13-21(15-3-7-17(25)8-4-15)31-23(27-20)28-22(29-31)30-34(32,33)19-11-9-18(26)10-12-19/h1-13,21H,(H2,27,28,29,30)/t21-/m1/s1. The molecule has 5 rings (SSSR count). The molecule has 2 N–H and O–H groups in total. The maximum absolute atomic E-state index is 12.8. The molecule has 0 spiro atoms. The number of hydrogen-bond acceptors (Lipinski definition) is 5. The van der Waals surface area contributed by atoms with Crippen LogP contribution in [-0.2, 0) is 10.0 Å². The third kappa shape index (κ3) is 4.63. The monoisotopic (exact) mass is 531 g/mol. The fraction of sp³-hybridized carbons (Fsp3) is 0.0435. The molecule has 1 aliphatic rings. The molecule has 1 atom stereocenters. The van der Waals surface area contributed by atoms with Crippen molar-refractivity contribution in [1.82, 2.24) is 14.8 Å². The molecule has 2 heterocycles. The van der Waals surface area contributed by atoms with Crippen molar-refractivity contribution in [3.05, 3.63) is 105 Å². The van der Waals surface area contributed by atoms with Crippen LogP contribution < -0.4 is 10.0 Å². The molecule has 7 nitrogen and oxygen atoms in total. The van der Waals surface area contributed by atoms with Gasteiger partial charge < -0.3 is 5.32 Å². The summed E-state index contributed by atoms with van der Waals surface area (Å²) in [6, 6.07) is 20.2. The third-order valence-corrected chi connectivity index (χ3v) is 7.28. The highest BCUT2D eigenvalue weighted by molar-refractivity contribution is 7.92. The van der Waals surface area contributed by atoms with Gasteiger partial charge in [0.25, 0.3) is 16.0 Å². The van der Waals surface area contributed by atoms with Crippen molar-refractivity contribution in [1.29, 1.82) is 0 Å². The van der Waals surface area contributed by atoms with Crippen LogP contribution in [0.4, 0.5) is 11.9 Å². The van der Waals surface area contributed by atoms with Gasteiger partial charge in [-0.25, -0.2) is 17.8 Å². The SMILES string of the molecule is O=S(=O)(Nc1nc2n(n1)[C@@H](c1ccc(Cl)cc1)C=C(c1ccc(Cl)cc1)N2)c1ccc(Cl)cc1. The first-order valence-electron chi connectivity index (χ1n) is 10.0. The van der Waals surface area contributed by atoms with Gasteiger partial charge in [-0.3, -0.25) is 0 Å². The van der Waals surface area contributed by atoms with E-state index in [1.165, 1.54) is 24.3 Å². The molecule has 34 heavy (non-hydrogen) atoms. The summed E-state index contributed by atoms with van der Waals surface area (Å²) in [6.07, 6.45) is 1.98. The molecular weight excluding hydrogens is 517 g/mol. The van der Waals surface area contributed by atoms with Crippen LogP contribution in [0.2, 0.25) is 15.1 Å². The zero-order valence-electron chi connectivity index (χ0n) is 17.3. The predicted octanol–water partition coefficient (Wildman–Crippen LogP) is 6.10. The molecule has 0 aliphatic carbocycles. The van der Waals surface area contributed by atoms with Gasteiger partial charge in [-0.2, -0.15) is 4.98 Å². The van der Waals surface area contributed by atoms with Gasteiger partial charge in [-0.05, 0) is 65.7 Å². The average Bonchev–Trinajstić information content (AvgIpc) is 3.21. The van der Waals surface area contributed by atoms with Crippen molar-refractivity contribution in [2.75, 3.05) is 10.0 Å². The van der Waals surface area contributed by atoms with Crippen molar-refractivity contribution >= 4 is 62.4 Å². The molecule has 0 amide bonds. The fourth-order valence-electron chi connectivity index (χ4n) is 3.52. The summed E-state index contributed by atoms with van der Waals surface area (Å²) < 4.78 is 29.7. The van der Waals surface area contributed by atoms with E-state index < -0.39 is 10.0 Å². The van der Waals surface area contributed by atoms with E-state index in [1.54, 1.807) is 28.9 Å². The van der Waals surface area contributed by atoms with Crippen molar-refractivity contribution < 1.29 is 8.42 Å². The maximum Gasteiger partial charge on any atom is 0.264 e. The number of halogens is 3. The smallest absolute Gasteiger partial charge is 0.264 e. The zero-order valence-corrected chi connectivity index (χ0v) is 20.4. The number of rotatable bonds is 5. The Morgan fingerprint density at radius 2 is 1.38 bits per heavy atom. The first-order chi connectivity index (χ1) is 16.3. The van der Waals surface area contributed by atoms with Crippen LogP contribution in [-0.4, -0.2) is 23.2 Å². The van der Waals surface area contributed by atoms with Crippen LogP contribution in [0.3, 0.4) is 0 Å². The van der Waals surface area contributed by atoms with Crippen LogP contribution in [0.5, 0.6) is 0 Å². The van der Waals surface area contributed by atoms with E-state index in [2.05, 4.69) is 20.1 Å². The molecule has 1 aromatic heterocycles. The Balaban J connectivity index is 1.53. The highest BCUT2D eigenvalue weighted by Gasteiger charge is 2.27. The Kier molecular flexibility index (Phi) is 5.99. The minimum atomic E-state index is -3.91. The number of allylic oxidation sites excluding steroid dienone is 1. The zero-order chi connectivity index (χ0) is 23.9. The van der Waals surface area contributed by atoms with E-state index in [4.69, 9.17) is 34.8 Å². The second-order valence-electron chi connectivity index (χ2n) is 7.47. The predicted molar refractivity (Wildman–Crippen MR) is 135 cm³/mol. The lowest BCUT2D eigenvalue weighted by Crippen LogP contribution is -2.20. The molecule has 0 saturated carbocycles.